The number of esters is 1. The lowest BCUT2D eigenvalue weighted by atomic mass is 10.0. The van der Waals surface area contributed by atoms with Crippen molar-refractivity contribution in [1.82, 2.24) is 4.90 Å². The SMILES string of the molecule is CCOC(=O)COC(C)(C)C(F)CN(Cc1ccccc1)Cc1ccccc1. The van der Waals surface area contributed by atoms with E-state index in [1.165, 1.54) is 0 Å². The molecular formula is C23H30FNO3. The first-order valence-electron chi connectivity index (χ1n) is 9.64. The lowest BCUT2D eigenvalue weighted by Crippen LogP contribution is -2.44. The van der Waals surface area contributed by atoms with Crippen LogP contribution in [0.15, 0.2) is 60.7 Å². The lowest BCUT2D eigenvalue weighted by molar-refractivity contribution is -0.158. The van der Waals surface area contributed by atoms with Gasteiger partial charge in [0.05, 0.1) is 12.2 Å². The molecule has 0 saturated carbocycles. The fraction of sp³-hybridized carbons (Fsp3) is 0.435. The van der Waals surface area contributed by atoms with Crippen molar-refractivity contribution in [3.05, 3.63) is 71.8 Å². The van der Waals surface area contributed by atoms with Crippen LogP contribution in [0.2, 0.25) is 0 Å². The smallest absolute Gasteiger partial charge is 0.332 e. The molecule has 0 aliphatic heterocycles. The van der Waals surface area contributed by atoms with Crippen LogP contribution in [-0.2, 0) is 27.4 Å². The van der Waals surface area contributed by atoms with E-state index < -0.39 is 17.7 Å². The van der Waals surface area contributed by atoms with Gasteiger partial charge in [-0.15, -0.1) is 0 Å². The third kappa shape index (κ3) is 7.41. The average Bonchev–Trinajstić information content (AvgIpc) is 2.68. The Kier molecular flexibility index (Phi) is 8.61. The second-order valence-corrected chi connectivity index (χ2v) is 7.31. The Labute approximate surface area is 167 Å². The first-order valence-corrected chi connectivity index (χ1v) is 9.64. The van der Waals surface area contributed by atoms with Crippen LogP contribution in [0.5, 0.6) is 0 Å². The van der Waals surface area contributed by atoms with Crippen molar-refractivity contribution in [3.8, 4) is 0 Å². The number of ether oxygens (including phenoxy) is 2. The summed E-state index contributed by atoms with van der Waals surface area (Å²) in [5.41, 5.74) is 1.14. The molecular weight excluding hydrogens is 357 g/mol. The van der Waals surface area contributed by atoms with Gasteiger partial charge in [-0.25, -0.2) is 9.18 Å². The van der Waals surface area contributed by atoms with Crippen molar-refractivity contribution in [3.63, 3.8) is 0 Å². The first kappa shape index (κ1) is 22.1. The number of halogens is 1. The molecule has 0 fully saturated rings. The van der Waals surface area contributed by atoms with E-state index in [0.29, 0.717) is 13.1 Å². The summed E-state index contributed by atoms with van der Waals surface area (Å²) in [4.78, 5) is 13.6. The molecule has 0 bridgehead atoms. The summed E-state index contributed by atoms with van der Waals surface area (Å²) < 4.78 is 25.5. The topological polar surface area (TPSA) is 38.8 Å². The van der Waals surface area contributed by atoms with E-state index in [2.05, 4.69) is 4.90 Å². The second kappa shape index (κ2) is 10.9. The maximum atomic E-state index is 15.2. The van der Waals surface area contributed by atoms with Crippen LogP contribution < -0.4 is 0 Å². The van der Waals surface area contributed by atoms with Gasteiger partial charge in [-0.3, -0.25) is 4.90 Å². The molecule has 28 heavy (non-hydrogen) atoms. The number of carbonyl (C=O) groups is 1. The van der Waals surface area contributed by atoms with Crippen molar-refractivity contribution in [2.24, 2.45) is 0 Å². The summed E-state index contributed by atoms with van der Waals surface area (Å²) >= 11 is 0. The fourth-order valence-electron chi connectivity index (χ4n) is 2.85. The molecule has 0 spiro atoms. The van der Waals surface area contributed by atoms with Crippen LogP contribution in [0, 0.1) is 0 Å². The molecule has 0 N–H and O–H groups in total. The van der Waals surface area contributed by atoms with Gasteiger partial charge in [0.1, 0.15) is 12.8 Å². The van der Waals surface area contributed by atoms with Gasteiger partial charge in [-0.2, -0.15) is 0 Å². The van der Waals surface area contributed by atoms with E-state index in [1.807, 2.05) is 60.7 Å². The summed E-state index contributed by atoms with van der Waals surface area (Å²) in [5.74, 6) is -0.479. The Morgan fingerprint density at radius 1 is 1.00 bits per heavy atom. The van der Waals surface area contributed by atoms with Crippen LogP contribution in [0.25, 0.3) is 0 Å². The van der Waals surface area contributed by atoms with Gasteiger partial charge in [0, 0.05) is 19.6 Å². The van der Waals surface area contributed by atoms with Gasteiger partial charge in [-0.05, 0) is 31.9 Å². The van der Waals surface area contributed by atoms with Crippen LogP contribution in [-0.4, -0.2) is 42.4 Å². The number of hydrogen-bond donors (Lipinski definition) is 0. The summed E-state index contributed by atoms with van der Waals surface area (Å²) in [7, 11) is 0. The molecule has 1 unspecified atom stereocenters. The number of alkyl halides is 1. The second-order valence-electron chi connectivity index (χ2n) is 7.31. The number of hydrogen-bond acceptors (Lipinski definition) is 4. The highest BCUT2D eigenvalue weighted by Gasteiger charge is 2.33. The molecule has 4 nitrogen and oxygen atoms in total. The molecule has 0 aliphatic rings. The molecule has 0 saturated heterocycles. The van der Waals surface area contributed by atoms with Gasteiger partial charge < -0.3 is 9.47 Å². The summed E-state index contributed by atoms with van der Waals surface area (Å²) in [6.45, 7) is 6.54. The normalized spacial score (nSPS) is 12.8. The summed E-state index contributed by atoms with van der Waals surface area (Å²) in [6.07, 6.45) is -1.27. The molecule has 152 valence electrons. The van der Waals surface area contributed by atoms with Crippen LogP contribution in [0.3, 0.4) is 0 Å². The molecule has 2 aromatic rings. The van der Waals surface area contributed by atoms with Crippen molar-refractivity contribution in [1.29, 1.82) is 0 Å². The van der Waals surface area contributed by atoms with E-state index in [1.54, 1.807) is 20.8 Å². The Bertz CT molecular complexity index is 665. The van der Waals surface area contributed by atoms with Gasteiger partial charge in [0.2, 0.25) is 0 Å². The van der Waals surface area contributed by atoms with Crippen molar-refractivity contribution >= 4 is 5.97 Å². The van der Waals surface area contributed by atoms with E-state index in [9.17, 15) is 4.79 Å². The predicted octanol–water partition coefficient (Wildman–Crippen LogP) is 4.39. The molecule has 0 aliphatic carbocycles. The largest absolute Gasteiger partial charge is 0.464 e. The Hall–Kier alpha value is -2.24. The quantitative estimate of drug-likeness (QED) is 0.536. The molecule has 1 atom stereocenters. The van der Waals surface area contributed by atoms with Crippen molar-refractivity contribution in [2.45, 2.75) is 45.6 Å². The highest BCUT2D eigenvalue weighted by molar-refractivity contribution is 5.70. The number of carbonyl (C=O) groups excluding carboxylic acids is 1. The monoisotopic (exact) mass is 387 g/mol. The van der Waals surface area contributed by atoms with Crippen LogP contribution in [0.1, 0.15) is 31.9 Å². The molecule has 0 amide bonds. The minimum Gasteiger partial charge on any atom is -0.464 e. The average molecular weight is 387 g/mol. The zero-order valence-corrected chi connectivity index (χ0v) is 16.9. The Morgan fingerprint density at radius 3 is 1.96 bits per heavy atom. The zero-order valence-electron chi connectivity index (χ0n) is 16.9. The van der Waals surface area contributed by atoms with Crippen molar-refractivity contribution in [2.75, 3.05) is 19.8 Å². The maximum absolute atomic E-state index is 15.2. The van der Waals surface area contributed by atoms with E-state index in [0.717, 1.165) is 11.1 Å². The summed E-state index contributed by atoms with van der Waals surface area (Å²) in [6, 6.07) is 20.0. The van der Waals surface area contributed by atoms with E-state index in [4.69, 9.17) is 9.47 Å². The molecule has 0 heterocycles. The Balaban J connectivity index is 2.03. The fourth-order valence-corrected chi connectivity index (χ4v) is 2.85. The predicted molar refractivity (Wildman–Crippen MR) is 109 cm³/mol. The maximum Gasteiger partial charge on any atom is 0.332 e. The minimum atomic E-state index is -1.27. The highest BCUT2D eigenvalue weighted by Crippen LogP contribution is 2.21. The number of nitrogens with zero attached hydrogens (tertiary/aromatic N) is 1. The van der Waals surface area contributed by atoms with Gasteiger partial charge in [0.15, 0.2) is 0 Å². The molecule has 0 radical (unpaired) electrons. The Morgan fingerprint density at radius 2 is 1.50 bits per heavy atom. The molecule has 0 aromatic heterocycles. The van der Waals surface area contributed by atoms with E-state index in [-0.39, 0.29) is 19.8 Å². The van der Waals surface area contributed by atoms with Gasteiger partial charge >= 0.3 is 5.97 Å². The standard InChI is InChI=1S/C23H30FNO3/c1-4-27-22(26)18-28-23(2,3)21(24)17-25(15-19-11-7-5-8-12-19)16-20-13-9-6-10-14-20/h5-14,21H,4,15-18H2,1-3H3. The van der Waals surface area contributed by atoms with Crippen molar-refractivity contribution < 1.29 is 18.7 Å². The van der Waals surface area contributed by atoms with Crippen LogP contribution in [0.4, 0.5) is 4.39 Å². The molecule has 2 rings (SSSR count). The third-order valence-corrected chi connectivity index (χ3v) is 4.54. The zero-order chi connectivity index (χ0) is 20.4. The number of rotatable bonds is 11. The molecule has 2 aromatic carbocycles. The summed E-state index contributed by atoms with van der Waals surface area (Å²) in [5, 5.41) is 0. The highest BCUT2D eigenvalue weighted by atomic mass is 19.1. The van der Waals surface area contributed by atoms with Gasteiger partial charge in [-0.1, -0.05) is 60.7 Å². The number of benzene rings is 2. The minimum absolute atomic E-state index is 0.194. The lowest BCUT2D eigenvalue weighted by Gasteiger charge is -2.33. The van der Waals surface area contributed by atoms with Crippen LogP contribution >= 0.6 is 0 Å². The third-order valence-electron chi connectivity index (χ3n) is 4.54. The first-order chi connectivity index (χ1) is 13.4. The van der Waals surface area contributed by atoms with Gasteiger partial charge in [0.25, 0.3) is 0 Å². The molecule has 5 heteroatoms. The van der Waals surface area contributed by atoms with E-state index >= 15 is 4.39 Å².